The third-order valence-electron chi connectivity index (χ3n) is 3.19. The molecule has 0 saturated heterocycles. The fraction of sp³-hybridized carbons (Fsp3) is 0.882. The standard InChI is InChI=1S/C17H35N3O4/c1-16(2,3)24-15(23)18-12-13(21)11-14(22)19-17(4,5)9-8-10-20(6)7/h13,21H,8-12H2,1-7H3,(H,18,23)(H,19,22). The van der Waals surface area contributed by atoms with Crippen LogP contribution in [0, 0.1) is 0 Å². The number of hydrogen-bond donors (Lipinski definition) is 3. The minimum absolute atomic E-state index is 0.0244. The fourth-order valence-electron chi connectivity index (χ4n) is 2.13. The third kappa shape index (κ3) is 13.1. The van der Waals surface area contributed by atoms with Crippen LogP contribution in [0.5, 0.6) is 0 Å². The van der Waals surface area contributed by atoms with E-state index in [-0.39, 0.29) is 24.4 Å². The molecule has 0 radical (unpaired) electrons. The van der Waals surface area contributed by atoms with Gasteiger partial charge in [-0.25, -0.2) is 4.79 Å². The highest BCUT2D eigenvalue weighted by atomic mass is 16.6. The first-order valence-corrected chi connectivity index (χ1v) is 8.41. The normalized spacial score (nSPS) is 13.5. The van der Waals surface area contributed by atoms with Gasteiger partial charge in [0.2, 0.25) is 5.91 Å². The van der Waals surface area contributed by atoms with Crippen molar-refractivity contribution >= 4 is 12.0 Å². The van der Waals surface area contributed by atoms with Gasteiger partial charge in [-0.1, -0.05) is 0 Å². The van der Waals surface area contributed by atoms with E-state index < -0.39 is 17.8 Å². The summed E-state index contributed by atoms with van der Waals surface area (Å²) in [5.74, 6) is -0.233. The van der Waals surface area contributed by atoms with Gasteiger partial charge < -0.3 is 25.4 Å². The topological polar surface area (TPSA) is 90.9 Å². The molecule has 7 heteroatoms. The van der Waals surface area contributed by atoms with Gasteiger partial charge in [0.1, 0.15) is 5.60 Å². The number of alkyl carbamates (subject to hydrolysis) is 1. The predicted molar refractivity (Wildman–Crippen MR) is 94.9 cm³/mol. The van der Waals surface area contributed by atoms with Crippen LogP contribution in [0.2, 0.25) is 0 Å². The van der Waals surface area contributed by atoms with E-state index in [0.29, 0.717) is 0 Å². The van der Waals surface area contributed by atoms with Gasteiger partial charge in [0.05, 0.1) is 12.5 Å². The van der Waals surface area contributed by atoms with Gasteiger partial charge in [-0.2, -0.15) is 0 Å². The van der Waals surface area contributed by atoms with Crippen molar-refractivity contribution in [2.45, 2.75) is 71.1 Å². The van der Waals surface area contributed by atoms with E-state index in [0.717, 1.165) is 19.4 Å². The summed E-state index contributed by atoms with van der Waals surface area (Å²) < 4.78 is 5.07. The summed E-state index contributed by atoms with van der Waals surface area (Å²) in [5, 5.41) is 15.3. The molecule has 0 aromatic rings. The molecule has 0 fully saturated rings. The molecule has 0 rings (SSSR count). The van der Waals surface area contributed by atoms with Crippen molar-refractivity contribution in [3.05, 3.63) is 0 Å². The van der Waals surface area contributed by atoms with Gasteiger partial charge in [-0.05, 0) is 68.1 Å². The molecule has 142 valence electrons. The molecule has 24 heavy (non-hydrogen) atoms. The van der Waals surface area contributed by atoms with Crippen molar-refractivity contribution in [1.82, 2.24) is 15.5 Å². The van der Waals surface area contributed by atoms with Crippen molar-refractivity contribution in [3.8, 4) is 0 Å². The SMILES string of the molecule is CN(C)CCCC(C)(C)NC(=O)CC(O)CNC(=O)OC(C)(C)C. The Hall–Kier alpha value is -1.34. The van der Waals surface area contributed by atoms with Crippen LogP contribution >= 0.6 is 0 Å². The number of nitrogens with zero attached hydrogens (tertiary/aromatic N) is 1. The molecule has 0 saturated carbocycles. The molecule has 0 heterocycles. The van der Waals surface area contributed by atoms with Gasteiger partial charge in [0.25, 0.3) is 0 Å². The molecule has 1 unspecified atom stereocenters. The van der Waals surface area contributed by atoms with E-state index >= 15 is 0 Å². The summed E-state index contributed by atoms with van der Waals surface area (Å²) >= 11 is 0. The van der Waals surface area contributed by atoms with Gasteiger partial charge in [0.15, 0.2) is 0 Å². The second kappa shape index (κ2) is 9.84. The number of rotatable bonds is 9. The predicted octanol–water partition coefficient (Wildman–Crippen LogP) is 1.50. The maximum atomic E-state index is 12.0. The highest BCUT2D eigenvalue weighted by molar-refractivity contribution is 5.77. The van der Waals surface area contributed by atoms with E-state index in [1.807, 2.05) is 27.9 Å². The summed E-state index contributed by atoms with van der Waals surface area (Å²) in [6.45, 7) is 10.1. The Bertz CT molecular complexity index is 403. The Kier molecular flexibility index (Phi) is 9.29. The smallest absolute Gasteiger partial charge is 0.407 e. The Balaban J connectivity index is 4.10. The molecule has 0 aromatic heterocycles. The zero-order chi connectivity index (χ0) is 19.0. The van der Waals surface area contributed by atoms with Crippen LogP contribution in [0.25, 0.3) is 0 Å². The Morgan fingerprint density at radius 2 is 1.75 bits per heavy atom. The van der Waals surface area contributed by atoms with Crippen LogP contribution in [-0.2, 0) is 9.53 Å². The highest BCUT2D eigenvalue weighted by Crippen LogP contribution is 2.12. The summed E-state index contributed by atoms with van der Waals surface area (Å²) in [4.78, 5) is 25.6. The minimum Gasteiger partial charge on any atom is -0.444 e. The van der Waals surface area contributed by atoms with E-state index in [1.54, 1.807) is 20.8 Å². The molecule has 0 aliphatic heterocycles. The quantitative estimate of drug-likeness (QED) is 0.589. The first kappa shape index (κ1) is 22.7. The molecule has 0 bridgehead atoms. The third-order valence-corrected chi connectivity index (χ3v) is 3.19. The minimum atomic E-state index is -0.949. The molecule has 3 N–H and O–H groups in total. The molecule has 0 aliphatic rings. The van der Waals surface area contributed by atoms with Crippen molar-refractivity contribution in [1.29, 1.82) is 0 Å². The number of hydrogen-bond acceptors (Lipinski definition) is 5. The molecular weight excluding hydrogens is 310 g/mol. The second-order valence-electron chi connectivity index (χ2n) is 8.08. The van der Waals surface area contributed by atoms with Gasteiger partial charge >= 0.3 is 6.09 Å². The zero-order valence-corrected chi connectivity index (χ0v) is 16.2. The van der Waals surface area contributed by atoms with Gasteiger partial charge in [0, 0.05) is 12.1 Å². The van der Waals surface area contributed by atoms with Crippen molar-refractivity contribution < 1.29 is 19.4 Å². The summed E-state index contributed by atoms with van der Waals surface area (Å²) in [5.41, 5.74) is -0.922. The Labute approximate surface area is 146 Å². The van der Waals surface area contributed by atoms with Crippen LogP contribution < -0.4 is 10.6 Å². The lowest BCUT2D eigenvalue weighted by Crippen LogP contribution is -2.46. The monoisotopic (exact) mass is 345 g/mol. The second-order valence-corrected chi connectivity index (χ2v) is 8.08. The zero-order valence-electron chi connectivity index (χ0n) is 16.2. The lowest BCUT2D eigenvalue weighted by molar-refractivity contribution is -0.124. The van der Waals surface area contributed by atoms with Crippen molar-refractivity contribution in [2.24, 2.45) is 0 Å². The first-order valence-electron chi connectivity index (χ1n) is 8.41. The summed E-state index contributed by atoms with van der Waals surface area (Å²) in [7, 11) is 4.03. The van der Waals surface area contributed by atoms with Crippen molar-refractivity contribution in [2.75, 3.05) is 27.2 Å². The number of carbonyl (C=O) groups is 2. The number of amides is 2. The average Bonchev–Trinajstić information content (AvgIpc) is 2.32. The lowest BCUT2D eigenvalue weighted by atomic mass is 9.97. The molecule has 0 aliphatic carbocycles. The van der Waals surface area contributed by atoms with Crippen LogP contribution in [0.4, 0.5) is 4.79 Å². The van der Waals surface area contributed by atoms with E-state index in [2.05, 4.69) is 15.5 Å². The molecule has 0 spiro atoms. The molecule has 7 nitrogen and oxygen atoms in total. The van der Waals surface area contributed by atoms with Crippen molar-refractivity contribution in [3.63, 3.8) is 0 Å². The average molecular weight is 345 g/mol. The maximum absolute atomic E-state index is 12.0. The largest absolute Gasteiger partial charge is 0.444 e. The number of aliphatic hydroxyl groups excluding tert-OH is 1. The fourth-order valence-corrected chi connectivity index (χ4v) is 2.13. The summed E-state index contributed by atoms with van der Waals surface area (Å²) in [6.07, 6.45) is 0.208. The Morgan fingerprint density at radius 1 is 1.17 bits per heavy atom. The maximum Gasteiger partial charge on any atom is 0.407 e. The summed E-state index contributed by atoms with van der Waals surface area (Å²) in [6, 6.07) is 0. The first-order chi connectivity index (χ1) is 10.8. The van der Waals surface area contributed by atoms with Crippen LogP contribution in [0.15, 0.2) is 0 Å². The highest BCUT2D eigenvalue weighted by Gasteiger charge is 2.22. The number of ether oxygens (including phenoxy) is 1. The number of nitrogens with one attached hydrogen (secondary N) is 2. The number of aliphatic hydroxyl groups is 1. The van der Waals surface area contributed by atoms with Crippen LogP contribution in [0.3, 0.4) is 0 Å². The van der Waals surface area contributed by atoms with Crippen LogP contribution in [-0.4, -0.2) is 66.4 Å². The molecule has 0 aromatic carbocycles. The molecule has 2 amide bonds. The van der Waals surface area contributed by atoms with E-state index in [1.165, 1.54) is 0 Å². The Morgan fingerprint density at radius 3 is 2.25 bits per heavy atom. The van der Waals surface area contributed by atoms with Gasteiger partial charge in [-0.15, -0.1) is 0 Å². The molecule has 1 atom stereocenters. The van der Waals surface area contributed by atoms with Gasteiger partial charge in [-0.3, -0.25) is 4.79 Å². The van der Waals surface area contributed by atoms with E-state index in [4.69, 9.17) is 4.74 Å². The lowest BCUT2D eigenvalue weighted by Gasteiger charge is -2.27. The van der Waals surface area contributed by atoms with E-state index in [9.17, 15) is 14.7 Å². The number of carbonyl (C=O) groups excluding carboxylic acids is 2. The molecular formula is C17H35N3O4. The van der Waals surface area contributed by atoms with Crippen LogP contribution in [0.1, 0.15) is 53.9 Å².